The van der Waals surface area contributed by atoms with Crippen molar-refractivity contribution in [2.24, 2.45) is 4.99 Å². The molecule has 0 heterocycles. The summed E-state index contributed by atoms with van der Waals surface area (Å²) in [5.41, 5.74) is 2.37. The van der Waals surface area contributed by atoms with E-state index in [0.717, 1.165) is 22.7 Å². The lowest BCUT2D eigenvalue weighted by Crippen LogP contribution is -2.07. The summed E-state index contributed by atoms with van der Waals surface area (Å²) in [4.78, 5) is 6.10. The average molecular weight is 382 g/mol. The summed E-state index contributed by atoms with van der Waals surface area (Å²) in [6, 6.07) is 9.30. The Morgan fingerprint density at radius 1 is 1.00 bits per heavy atom. The summed E-state index contributed by atoms with van der Waals surface area (Å²) >= 11 is 12.6. The number of aliphatic imine (C=N–C) groups is 1. The molecule has 0 unspecified atom stereocenters. The third-order valence-electron chi connectivity index (χ3n) is 3.34. The van der Waals surface area contributed by atoms with E-state index in [1.54, 1.807) is 32.7 Å². The molecule has 134 valence electrons. The molecule has 0 saturated carbocycles. The van der Waals surface area contributed by atoms with E-state index in [1.807, 2.05) is 37.2 Å². The van der Waals surface area contributed by atoms with Crippen LogP contribution in [0.15, 0.2) is 35.3 Å². The van der Waals surface area contributed by atoms with Crippen LogP contribution in [0.3, 0.4) is 0 Å². The van der Waals surface area contributed by atoms with Crippen molar-refractivity contribution in [1.29, 1.82) is 0 Å². The summed E-state index contributed by atoms with van der Waals surface area (Å²) < 4.78 is 10.6. The van der Waals surface area contributed by atoms with Crippen LogP contribution in [0.5, 0.6) is 11.5 Å². The second-order valence-corrected chi connectivity index (χ2v) is 6.39. The minimum Gasteiger partial charge on any atom is -0.497 e. The molecule has 5 nitrogen and oxygen atoms in total. The van der Waals surface area contributed by atoms with Crippen LogP contribution in [0.25, 0.3) is 0 Å². The van der Waals surface area contributed by atoms with Crippen molar-refractivity contribution in [1.82, 2.24) is 4.90 Å². The molecule has 0 aliphatic rings. The quantitative estimate of drug-likeness (QED) is 0.550. The van der Waals surface area contributed by atoms with E-state index < -0.39 is 0 Å². The van der Waals surface area contributed by atoms with Gasteiger partial charge in [-0.15, -0.1) is 0 Å². The summed E-state index contributed by atoms with van der Waals surface area (Å²) in [6.45, 7) is 0.570. The molecule has 2 aromatic rings. The summed E-state index contributed by atoms with van der Waals surface area (Å²) in [5.74, 6) is 1.47. The highest BCUT2D eigenvalue weighted by atomic mass is 35.5. The molecule has 2 rings (SSSR count). The van der Waals surface area contributed by atoms with Gasteiger partial charge in [0.25, 0.3) is 0 Å². The largest absolute Gasteiger partial charge is 0.497 e. The number of halogens is 2. The molecule has 0 aliphatic carbocycles. The lowest BCUT2D eigenvalue weighted by molar-refractivity contribution is 0.393. The topological polar surface area (TPSA) is 46.1 Å². The average Bonchev–Trinajstić information content (AvgIpc) is 2.58. The number of rotatable bonds is 7. The molecule has 2 aromatic carbocycles. The second-order valence-electron chi connectivity index (χ2n) is 5.57. The van der Waals surface area contributed by atoms with Gasteiger partial charge in [-0.1, -0.05) is 23.2 Å². The molecule has 0 radical (unpaired) electrons. The molecule has 25 heavy (non-hydrogen) atoms. The van der Waals surface area contributed by atoms with Gasteiger partial charge in [0.05, 0.1) is 30.6 Å². The minimum absolute atomic E-state index is 0.483. The smallest absolute Gasteiger partial charge is 0.122 e. The van der Waals surface area contributed by atoms with Crippen LogP contribution in [0.2, 0.25) is 10.0 Å². The standard InChI is InChI=1S/C18H21Cl2N3O2/c1-23(2)11-22-18-16(19)7-13(8-17(18)20)21-10-12-5-14(24-3)9-15(6-12)25-4/h5-9,11,21H,10H2,1-4H3. The Hall–Kier alpha value is -2.11. The van der Waals surface area contributed by atoms with Crippen molar-refractivity contribution in [3.8, 4) is 11.5 Å². The number of hydrogen-bond acceptors (Lipinski definition) is 4. The Morgan fingerprint density at radius 2 is 1.56 bits per heavy atom. The molecule has 0 aliphatic heterocycles. The van der Waals surface area contributed by atoms with Crippen molar-refractivity contribution in [3.05, 3.63) is 45.9 Å². The SMILES string of the molecule is COc1cc(CNc2cc(Cl)c(N=CN(C)C)c(Cl)c2)cc(OC)c1. The van der Waals surface area contributed by atoms with E-state index in [2.05, 4.69) is 10.3 Å². The first-order chi connectivity index (χ1) is 11.9. The molecule has 7 heteroatoms. The van der Waals surface area contributed by atoms with Crippen molar-refractivity contribution >= 4 is 40.9 Å². The molecule has 0 fully saturated rings. The number of nitrogens with one attached hydrogen (secondary N) is 1. The van der Waals surface area contributed by atoms with E-state index in [1.165, 1.54) is 0 Å². The van der Waals surface area contributed by atoms with Gasteiger partial charge in [-0.05, 0) is 29.8 Å². The van der Waals surface area contributed by atoms with E-state index in [-0.39, 0.29) is 0 Å². The maximum absolute atomic E-state index is 6.30. The Bertz CT molecular complexity index is 719. The lowest BCUT2D eigenvalue weighted by Gasteiger charge is -2.12. The zero-order valence-corrected chi connectivity index (χ0v) is 16.1. The number of anilines is 1. The van der Waals surface area contributed by atoms with Crippen LogP contribution in [-0.4, -0.2) is 39.6 Å². The van der Waals surface area contributed by atoms with E-state index >= 15 is 0 Å². The highest BCUT2D eigenvalue weighted by Crippen LogP contribution is 2.36. The number of ether oxygens (including phenoxy) is 2. The molecular weight excluding hydrogens is 361 g/mol. The first-order valence-electron chi connectivity index (χ1n) is 7.58. The van der Waals surface area contributed by atoms with E-state index in [0.29, 0.717) is 22.3 Å². The maximum atomic E-state index is 6.30. The van der Waals surface area contributed by atoms with Gasteiger partial charge in [0.1, 0.15) is 17.2 Å². The maximum Gasteiger partial charge on any atom is 0.122 e. The van der Waals surface area contributed by atoms with Gasteiger partial charge >= 0.3 is 0 Å². The summed E-state index contributed by atoms with van der Waals surface area (Å²) in [7, 11) is 7.00. The molecule has 0 amide bonds. The fourth-order valence-electron chi connectivity index (χ4n) is 2.14. The van der Waals surface area contributed by atoms with Gasteiger partial charge < -0.3 is 19.7 Å². The number of methoxy groups -OCH3 is 2. The van der Waals surface area contributed by atoms with Crippen LogP contribution < -0.4 is 14.8 Å². The van der Waals surface area contributed by atoms with Gasteiger partial charge in [0.15, 0.2) is 0 Å². The van der Waals surface area contributed by atoms with Crippen molar-refractivity contribution in [3.63, 3.8) is 0 Å². The first-order valence-corrected chi connectivity index (χ1v) is 8.34. The zero-order valence-electron chi connectivity index (χ0n) is 14.6. The molecule has 0 bridgehead atoms. The fourth-order valence-corrected chi connectivity index (χ4v) is 2.72. The third kappa shape index (κ3) is 5.44. The highest BCUT2D eigenvalue weighted by molar-refractivity contribution is 6.39. The first kappa shape index (κ1) is 19.2. The Labute approximate surface area is 158 Å². The third-order valence-corrected chi connectivity index (χ3v) is 3.92. The van der Waals surface area contributed by atoms with Gasteiger partial charge in [-0.3, -0.25) is 0 Å². The van der Waals surface area contributed by atoms with Crippen LogP contribution in [0, 0.1) is 0 Å². The lowest BCUT2D eigenvalue weighted by atomic mass is 10.2. The van der Waals surface area contributed by atoms with Crippen molar-refractivity contribution in [2.45, 2.75) is 6.54 Å². The van der Waals surface area contributed by atoms with Crippen LogP contribution in [0.4, 0.5) is 11.4 Å². The second kappa shape index (κ2) is 8.83. The summed E-state index contributed by atoms with van der Waals surface area (Å²) in [6.07, 6.45) is 1.66. The zero-order chi connectivity index (χ0) is 18.4. The Morgan fingerprint density at radius 3 is 2.04 bits per heavy atom. The Kier molecular flexibility index (Phi) is 6.79. The van der Waals surface area contributed by atoms with E-state index in [4.69, 9.17) is 32.7 Å². The number of nitrogens with zero attached hydrogens (tertiary/aromatic N) is 2. The van der Waals surface area contributed by atoms with Gasteiger partial charge in [-0.25, -0.2) is 4.99 Å². The molecule has 0 aromatic heterocycles. The van der Waals surface area contributed by atoms with Gasteiger partial charge in [0, 0.05) is 32.4 Å². The molecule has 0 saturated heterocycles. The van der Waals surface area contributed by atoms with Crippen molar-refractivity contribution in [2.75, 3.05) is 33.6 Å². The highest BCUT2D eigenvalue weighted by Gasteiger charge is 2.08. The molecule has 0 atom stereocenters. The normalized spacial score (nSPS) is 10.8. The minimum atomic E-state index is 0.483. The monoisotopic (exact) mass is 381 g/mol. The van der Waals surface area contributed by atoms with Gasteiger partial charge in [-0.2, -0.15) is 0 Å². The Balaban J connectivity index is 2.16. The molecular formula is C18H21Cl2N3O2. The number of hydrogen-bond donors (Lipinski definition) is 1. The predicted octanol–water partition coefficient (Wildman–Crippen LogP) is 4.84. The van der Waals surface area contributed by atoms with Crippen LogP contribution in [-0.2, 0) is 6.54 Å². The van der Waals surface area contributed by atoms with Crippen LogP contribution >= 0.6 is 23.2 Å². The molecule has 0 spiro atoms. The van der Waals surface area contributed by atoms with Crippen molar-refractivity contribution < 1.29 is 9.47 Å². The molecule has 1 N–H and O–H groups in total. The van der Waals surface area contributed by atoms with Crippen LogP contribution in [0.1, 0.15) is 5.56 Å². The van der Waals surface area contributed by atoms with E-state index in [9.17, 15) is 0 Å². The van der Waals surface area contributed by atoms with Gasteiger partial charge in [0.2, 0.25) is 0 Å². The fraction of sp³-hybridized carbons (Fsp3) is 0.278. The number of benzene rings is 2. The summed E-state index contributed by atoms with van der Waals surface area (Å²) in [5, 5.41) is 4.26. The predicted molar refractivity (Wildman–Crippen MR) is 105 cm³/mol.